The summed E-state index contributed by atoms with van der Waals surface area (Å²) in [5, 5.41) is 12.6. The van der Waals surface area contributed by atoms with E-state index in [9.17, 15) is 5.11 Å². The van der Waals surface area contributed by atoms with E-state index in [0.29, 0.717) is 5.02 Å². The number of pyridine rings is 2. The minimum absolute atomic E-state index is 0.619. The average molecular weight is 404 g/mol. The van der Waals surface area contributed by atoms with Gasteiger partial charge in [-0.3, -0.25) is 4.98 Å². The number of rotatable bonds is 4. The highest BCUT2D eigenvalue weighted by atomic mass is 35.5. The first-order valence-electron chi connectivity index (χ1n) is 9.39. The van der Waals surface area contributed by atoms with Crippen LogP contribution in [-0.2, 0) is 5.60 Å². The third-order valence-corrected chi connectivity index (χ3v) is 5.57. The Morgan fingerprint density at radius 3 is 2.38 bits per heavy atom. The Morgan fingerprint density at radius 2 is 1.72 bits per heavy atom. The second kappa shape index (κ2) is 7.47. The highest BCUT2D eigenvalue weighted by Crippen LogP contribution is 2.41. The molecule has 0 spiro atoms. The third kappa shape index (κ3) is 3.46. The normalized spacial score (nSPS) is 13.3. The van der Waals surface area contributed by atoms with Gasteiger partial charge in [-0.2, -0.15) is 0 Å². The summed E-state index contributed by atoms with van der Waals surface area (Å²) < 4.78 is 0. The summed E-state index contributed by atoms with van der Waals surface area (Å²) in [6, 6.07) is 19.4. The molecule has 4 rings (SSSR count). The minimum Gasteiger partial charge on any atom is -0.381 e. The number of hydrogen-bond acceptors (Lipinski definition) is 4. The molecule has 146 valence electrons. The number of anilines is 1. The van der Waals surface area contributed by atoms with Crippen LogP contribution < -0.4 is 4.90 Å². The van der Waals surface area contributed by atoms with Gasteiger partial charge in [0.15, 0.2) is 0 Å². The van der Waals surface area contributed by atoms with Gasteiger partial charge in [0.1, 0.15) is 11.4 Å². The van der Waals surface area contributed by atoms with Crippen molar-refractivity contribution in [3.8, 4) is 11.1 Å². The molecule has 0 saturated carbocycles. The van der Waals surface area contributed by atoms with Crippen molar-refractivity contribution in [1.29, 1.82) is 0 Å². The molecule has 2 aromatic carbocycles. The summed E-state index contributed by atoms with van der Waals surface area (Å²) in [5.41, 5.74) is 2.92. The predicted molar refractivity (Wildman–Crippen MR) is 119 cm³/mol. The van der Waals surface area contributed by atoms with Crippen LogP contribution in [0.5, 0.6) is 0 Å². The van der Waals surface area contributed by atoms with Gasteiger partial charge in [0, 0.05) is 43.0 Å². The van der Waals surface area contributed by atoms with E-state index in [-0.39, 0.29) is 0 Å². The number of hydrogen-bond donors (Lipinski definition) is 1. The maximum Gasteiger partial charge on any atom is 0.138 e. The van der Waals surface area contributed by atoms with Crippen LogP contribution in [0, 0.1) is 0 Å². The number of halogens is 1. The van der Waals surface area contributed by atoms with E-state index in [2.05, 4.69) is 4.98 Å². The fourth-order valence-electron chi connectivity index (χ4n) is 3.52. The number of aliphatic hydroxyl groups is 1. The largest absolute Gasteiger partial charge is 0.381 e. The molecule has 5 heteroatoms. The van der Waals surface area contributed by atoms with Gasteiger partial charge in [-0.15, -0.1) is 0 Å². The molecule has 0 aliphatic rings. The molecule has 0 radical (unpaired) electrons. The first-order valence-corrected chi connectivity index (χ1v) is 9.76. The molecule has 0 aliphatic heterocycles. The zero-order valence-electron chi connectivity index (χ0n) is 16.6. The van der Waals surface area contributed by atoms with Crippen LogP contribution in [0.15, 0.2) is 73.1 Å². The van der Waals surface area contributed by atoms with Crippen LogP contribution in [0.3, 0.4) is 0 Å². The fourth-order valence-corrected chi connectivity index (χ4v) is 3.86. The molecular formula is C24H22ClN3O. The van der Waals surface area contributed by atoms with Crippen molar-refractivity contribution in [2.75, 3.05) is 19.0 Å². The number of fused-ring (bicyclic) bond motifs is 1. The summed E-state index contributed by atoms with van der Waals surface area (Å²) in [5.74, 6) is 0.806. The van der Waals surface area contributed by atoms with E-state index in [1.165, 1.54) is 0 Å². The van der Waals surface area contributed by atoms with Gasteiger partial charge < -0.3 is 10.0 Å². The summed E-state index contributed by atoms with van der Waals surface area (Å²) in [6.07, 6.45) is 3.37. The molecule has 2 aromatic heterocycles. The number of nitrogens with zero attached hydrogens (tertiary/aromatic N) is 3. The standard InChI is InChI=1S/C24H22ClN3O/c1-24(29,18-10-7-13-26-15-18)17-11-12-20-19(14-17)22(25)21(23(27-20)28(2)3)16-8-5-4-6-9-16/h4-15,29H,1-3H3. The highest BCUT2D eigenvalue weighted by Gasteiger charge is 2.27. The molecule has 4 nitrogen and oxygen atoms in total. The lowest BCUT2D eigenvalue weighted by Gasteiger charge is -2.25. The Morgan fingerprint density at radius 1 is 0.966 bits per heavy atom. The van der Waals surface area contributed by atoms with E-state index < -0.39 is 5.60 Å². The molecule has 0 fully saturated rings. The summed E-state index contributed by atoms with van der Waals surface area (Å²) >= 11 is 6.93. The van der Waals surface area contributed by atoms with Crippen LogP contribution in [-0.4, -0.2) is 29.2 Å². The Labute approximate surface area is 175 Å². The fraction of sp³-hybridized carbons (Fsp3) is 0.167. The maximum atomic E-state index is 11.2. The van der Waals surface area contributed by atoms with Gasteiger partial charge in [-0.25, -0.2) is 4.98 Å². The van der Waals surface area contributed by atoms with Crippen LogP contribution in [0.4, 0.5) is 5.82 Å². The smallest absolute Gasteiger partial charge is 0.138 e. The monoisotopic (exact) mass is 403 g/mol. The second-order valence-corrected chi connectivity index (χ2v) is 7.81. The van der Waals surface area contributed by atoms with E-state index in [1.54, 1.807) is 19.3 Å². The molecule has 0 amide bonds. The molecule has 29 heavy (non-hydrogen) atoms. The molecule has 1 N–H and O–H groups in total. The second-order valence-electron chi connectivity index (χ2n) is 7.43. The Kier molecular flexibility index (Phi) is 4.99. The van der Waals surface area contributed by atoms with Crippen LogP contribution in [0.2, 0.25) is 5.02 Å². The average Bonchev–Trinajstić information content (AvgIpc) is 2.74. The third-order valence-electron chi connectivity index (χ3n) is 5.17. The lowest BCUT2D eigenvalue weighted by atomic mass is 9.88. The van der Waals surface area contributed by atoms with E-state index >= 15 is 0 Å². The van der Waals surface area contributed by atoms with Gasteiger partial charge >= 0.3 is 0 Å². The molecule has 0 saturated heterocycles. The van der Waals surface area contributed by atoms with Gasteiger partial charge in [0.2, 0.25) is 0 Å². The molecule has 0 aliphatic carbocycles. The Hall–Kier alpha value is -2.95. The first kappa shape index (κ1) is 19.4. The molecular weight excluding hydrogens is 382 g/mol. The maximum absolute atomic E-state index is 11.2. The first-order chi connectivity index (χ1) is 13.9. The van der Waals surface area contributed by atoms with Gasteiger partial charge in [0.05, 0.1) is 10.5 Å². The Balaban J connectivity index is 1.96. The SMILES string of the molecule is CN(C)c1nc2ccc(C(C)(O)c3cccnc3)cc2c(Cl)c1-c1ccccc1. The van der Waals surface area contributed by atoms with Crippen molar-refractivity contribution in [3.05, 3.63) is 89.2 Å². The van der Waals surface area contributed by atoms with Crippen molar-refractivity contribution < 1.29 is 5.11 Å². The van der Waals surface area contributed by atoms with Crippen LogP contribution in [0.25, 0.3) is 22.0 Å². The predicted octanol–water partition coefficient (Wildman–Crippen LogP) is 5.27. The van der Waals surface area contributed by atoms with Crippen molar-refractivity contribution >= 4 is 28.3 Å². The highest BCUT2D eigenvalue weighted by molar-refractivity contribution is 6.38. The van der Waals surface area contributed by atoms with Crippen molar-refractivity contribution in [2.45, 2.75) is 12.5 Å². The van der Waals surface area contributed by atoms with E-state index in [4.69, 9.17) is 16.6 Å². The van der Waals surface area contributed by atoms with E-state index in [1.807, 2.05) is 79.7 Å². The summed E-state index contributed by atoms with van der Waals surface area (Å²) in [6.45, 7) is 1.76. The molecule has 1 atom stereocenters. The lowest BCUT2D eigenvalue weighted by molar-refractivity contribution is 0.102. The lowest BCUT2D eigenvalue weighted by Crippen LogP contribution is -2.23. The molecule has 1 unspecified atom stereocenters. The van der Waals surface area contributed by atoms with Gasteiger partial charge in [-0.1, -0.05) is 54.1 Å². The molecule has 2 heterocycles. The quantitative estimate of drug-likeness (QED) is 0.504. The zero-order valence-corrected chi connectivity index (χ0v) is 17.4. The van der Waals surface area contributed by atoms with Gasteiger partial charge in [0.25, 0.3) is 0 Å². The van der Waals surface area contributed by atoms with Crippen molar-refractivity contribution in [1.82, 2.24) is 9.97 Å². The van der Waals surface area contributed by atoms with E-state index in [0.717, 1.165) is 39.0 Å². The van der Waals surface area contributed by atoms with Crippen molar-refractivity contribution in [2.24, 2.45) is 0 Å². The minimum atomic E-state index is -1.20. The van der Waals surface area contributed by atoms with Crippen molar-refractivity contribution in [3.63, 3.8) is 0 Å². The molecule has 4 aromatic rings. The number of benzene rings is 2. The van der Waals surface area contributed by atoms with Gasteiger partial charge in [-0.05, 0) is 36.2 Å². The topological polar surface area (TPSA) is 49.2 Å². The molecule has 0 bridgehead atoms. The zero-order chi connectivity index (χ0) is 20.6. The summed E-state index contributed by atoms with van der Waals surface area (Å²) in [4.78, 5) is 11.0. The summed E-state index contributed by atoms with van der Waals surface area (Å²) in [7, 11) is 3.91. The van der Waals surface area contributed by atoms with Crippen LogP contribution >= 0.6 is 11.6 Å². The number of aromatic nitrogens is 2. The van der Waals surface area contributed by atoms with Crippen LogP contribution in [0.1, 0.15) is 18.1 Å². The Bertz CT molecular complexity index is 1160.